The third-order valence-electron chi connectivity index (χ3n) is 6.64. The molecule has 0 amide bonds. The summed E-state index contributed by atoms with van der Waals surface area (Å²) in [6.45, 7) is 2.07. The molecule has 0 spiro atoms. The third kappa shape index (κ3) is 5.89. The number of pyridine rings is 2. The van der Waals surface area contributed by atoms with Gasteiger partial charge in [0.15, 0.2) is 0 Å². The monoisotopic (exact) mass is 554 g/mol. The zero-order chi connectivity index (χ0) is 22.9. The normalized spacial score (nSPS) is 13.3. The highest BCUT2D eigenvalue weighted by Crippen LogP contribution is 2.32. The van der Waals surface area contributed by atoms with Crippen molar-refractivity contribution in [3.8, 4) is 33.5 Å². The second-order valence-corrected chi connectivity index (χ2v) is 8.84. The molecule has 1 saturated heterocycles. The van der Waals surface area contributed by atoms with Gasteiger partial charge in [-0.15, -0.1) is 37.2 Å². The van der Waals surface area contributed by atoms with Crippen molar-refractivity contribution in [1.29, 1.82) is 0 Å². The van der Waals surface area contributed by atoms with E-state index in [1.807, 2.05) is 24.7 Å². The Morgan fingerprint density at radius 3 is 2.30 bits per heavy atom. The summed E-state index contributed by atoms with van der Waals surface area (Å²) in [5, 5.41) is 10.2. The highest BCUT2D eigenvalue weighted by molar-refractivity contribution is 5.90. The maximum atomic E-state index is 6.29. The Morgan fingerprint density at radius 1 is 0.730 bits per heavy atom. The van der Waals surface area contributed by atoms with Gasteiger partial charge in [0.2, 0.25) is 0 Å². The van der Waals surface area contributed by atoms with Crippen LogP contribution < -0.4 is 11.1 Å². The van der Waals surface area contributed by atoms with Crippen LogP contribution in [-0.2, 0) is 0 Å². The Balaban J connectivity index is 0.00000127. The van der Waals surface area contributed by atoms with Crippen molar-refractivity contribution < 1.29 is 0 Å². The molecule has 0 radical (unpaired) electrons. The fourth-order valence-corrected chi connectivity index (χ4v) is 4.70. The van der Waals surface area contributed by atoms with Crippen LogP contribution in [0.15, 0.2) is 85.5 Å². The number of halogens is 3. The van der Waals surface area contributed by atoms with Crippen molar-refractivity contribution in [2.24, 2.45) is 0 Å². The van der Waals surface area contributed by atoms with Crippen LogP contribution in [0, 0.1) is 0 Å². The zero-order valence-corrected chi connectivity index (χ0v) is 22.5. The summed E-state index contributed by atoms with van der Waals surface area (Å²) in [6, 6.07) is 21.4. The average molecular weight is 556 g/mol. The summed E-state index contributed by atoms with van der Waals surface area (Å²) in [7, 11) is 0. The van der Waals surface area contributed by atoms with Gasteiger partial charge in [-0.05, 0) is 60.6 Å². The molecule has 6 nitrogen and oxygen atoms in total. The van der Waals surface area contributed by atoms with Crippen LogP contribution in [0.1, 0.15) is 18.9 Å². The van der Waals surface area contributed by atoms with E-state index in [1.165, 1.54) is 11.1 Å². The Labute approximate surface area is 234 Å². The van der Waals surface area contributed by atoms with Crippen LogP contribution in [0.25, 0.3) is 44.3 Å². The number of hydrogen-bond acceptors (Lipinski definition) is 5. The van der Waals surface area contributed by atoms with E-state index in [1.54, 1.807) is 0 Å². The first-order valence-electron chi connectivity index (χ1n) is 11.7. The topological polar surface area (TPSA) is 81.6 Å². The van der Waals surface area contributed by atoms with Gasteiger partial charge in [0, 0.05) is 40.7 Å². The van der Waals surface area contributed by atoms with Crippen molar-refractivity contribution in [3.63, 3.8) is 0 Å². The quantitative estimate of drug-likeness (QED) is 0.261. The summed E-state index contributed by atoms with van der Waals surface area (Å²) >= 11 is 0. The SMILES string of the molecule is Cl.Cl.Cl.Nc1ncc(-c2cnn(C3CCNCC3)c2)cc1-c1cc2ccc(-c3ccccc3)cc2cn1. The van der Waals surface area contributed by atoms with E-state index in [9.17, 15) is 0 Å². The summed E-state index contributed by atoms with van der Waals surface area (Å²) in [5.41, 5.74) is 12.3. The fourth-order valence-electron chi connectivity index (χ4n) is 4.70. The van der Waals surface area contributed by atoms with E-state index in [2.05, 4.69) is 80.9 Å². The molecule has 5 aromatic rings. The maximum Gasteiger partial charge on any atom is 0.132 e. The molecule has 3 aromatic heterocycles. The van der Waals surface area contributed by atoms with Crippen molar-refractivity contribution in [3.05, 3.63) is 85.5 Å². The number of nitrogen functional groups attached to an aromatic ring is 1. The van der Waals surface area contributed by atoms with E-state index in [4.69, 9.17) is 10.7 Å². The second kappa shape index (κ2) is 12.4. The maximum absolute atomic E-state index is 6.29. The number of benzene rings is 2. The Bertz CT molecular complexity index is 1470. The van der Waals surface area contributed by atoms with E-state index < -0.39 is 0 Å². The van der Waals surface area contributed by atoms with Crippen LogP contribution >= 0.6 is 37.2 Å². The molecule has 3 N–H and O–H groups in total. The van der Waals surface area contributed by atoms with Crippen molar-refractivity contribution >= 4 is 53.8 Å². The highest BCUT2D eigenvalue weighted by atomic mass is 35.5. The minimum atomic E-state index is 0. The zero-order valence-electron chi connectivity index (χ0n) is 20.1. The lowest BCUT2D eigenvalue weighted by molar-refractivity contribution is 0.343. The van der Waals surface area contributed by atoms with Crippen molar-refractivity contribution in [2.75, 3.05) is 18.8 Å². The Hall–Kier alpha value is -3.16. The van der Waals surface area contributed by atoms with Crippen LogP contribution in [0.4, 0.5) is 5.82 Å². The molecular formula is C28H29Cl3N6. The molecular weight excluding hydrogens is 527 g/mol. The molecule has 9 heteroatoms. The standard InChI is InChI=1S/C28H26N6.3ClH/c29-28-26(13-23(16-32-28)24-17-33-34(18-24)25-8-10-30-11-9-25)27-14-21-7-6-20(12-22(21)15-31-27)19-4-2-1-3-5-19;;;/h1-7,12-18,25,30H,8-11H2,(H2,29,32);3*1H. The minimum absolute atomic E-state index is 0. The number of hydrogen-bond donors (Lipinski definition) is 2. The molecule has 2 aromatic carbocycles. The van der Waals surface area contributed by atoms with Crippen LogP contribution in [0.5, 0.6) is 0 Å². The first-order valence-corrected chi connectivity index (χ1v) is 11.7. The number of rotatable bonds is 4. The molecule has 0 bridgehead atoms. The largest absolute Gasteiger partial charge is 0.383 e. The second-order valence-electron chi connectivity index (χ2n) is 8.84. The number of fused-ring (bicyclic) bond motifs is 1. The van der Waals surface area contributed by atoms with Crippen LogP contribution in [0.2, 0.25) is 0 Å². The number of nitrogens with zero attached hydrogens (tertiary/aromatic N) is 4. The van der Waals surface area contributed by atoms with E-state index in [0.717, 1.165) is 59.1 Å². The van der Waals surface area contributed by atoms with Crippen LogP contribution in [-0.4, -0.2) is 32.8 Å². The van der Waals surface area contributed by atoms with Gasteiger partial charge in [0.25, 0.3) is 0 Å². The van der Waals surface area contributed by atoms with Crippen LogP contribution in [0.3, 0.4) is 0 Å². The molecule has 6 rings (SSSR count). The molecule has 4 heterocycles. The predicted molar refractivity (Wildman–Crippen MR) is 159 cm³/mol. The number of aromatic nitrogens is 4. The average Bonchev–Trinajstić information content (AvgIpc) is 3.40. The smallest absolute Gasteiger partial charge is 0.132 e. The highest BCUT2D eigenvalue weighted by Gasteiger charge is 2.17. The van der Waals surface area contributed by atoms with E-state index in [0.29, 0.717) is 11.9 Å². The number of nitrogens with two attached hydrogens (primary N) is 1. The summed E-state index contributed by atoms with van der Waals surface area (Å²) in [4.78, 5) is 9.22. The fraction of sp³-hybridized carbons (Fsp3) is 0.179. The Morgan fingerprint density at radius 2 is 1.51 bits per heavy atom. The lowest BCUT2D eigenvalue weighted by Crippen LogP contribution is -2.29. The molecule has 1 aliphatic rings. The van der Waals surface area contributed by atoms with E-state index >= 15 is 0 Å². The van der Waals surface area contributed by atoms with Gasteiger partial charge in [-0.1, -0.05) is 42.5 Å². The molecule has 1 fully saturated rings. The molecule has 0 aliphatic carbocycles. The minimum Gasteiger partial charge on any atom is -0.383 e. The van der Waals surface area contributed by atoms with Gasteiger partial charge < -0.3 is 11.1 Å². The van der Waals surface area contributed by atoms with Gasteiger partial charge in [-0.25, -0.2) is 4.98 Å². The summed E-state index contributed by atoms with van der Waals surface area (Å²) < 4.78 is 2.09. The van der Waals surface area contributed by atoms with Gasteiger partial charge in [0.1, 0.15) is 5.82 Å². The first kappa shape index (κ1) is 28.4. The Kier molecular flexibility index (Phi) is 9.51. The van der Waals surface area contributed by atoms with Crippen molar-refractivity contribution in [2.45, 2.75) is 18.9 Å². The third-order valence-corrected chi connectivity index (χ3v) is 6.64. The number of nitrogens with one attached hydrogen (secondary N) is 1. The van der Waals surface area contributed by atoms with Gasteiger partial charge in [0.05, 0.1) is 17.9 Å². The number of anilines is 1. The molecule has 0 saturated carbocycles. The molecule has 37 heavy (non-hydrogen) atoms. The predicted octanol–water partition coefficient (Wildman–Crippen LogP) is 6.60. The van der Waals surface area contributed by atoms with Gasteiger partial charge in [-0.3, -0.25) is 9.67 Å². The van der Waals surface area contributed by atoms with E-state index in [-0.39, 0.29) is 37.2 Å². The van der Waals surface area contributed by atoms with Crippen molar-refractivity contribution in [1.82, 2.24) is 25.1 Å². The number of piperidine rings is 1. The summed E-state index contributed by atoms with van der Waals surface area (Å²) in [5.74, 6) is 0.474. The lowest BCUT2D eigenvalue weighted by Gasteiger charge is -2.22. The molecule has 0 atom stereocenters. The molecule has 1 aliphatic heterocycles. The van der Waals surface area contributed by atoms with Gasteiger partial charge >= 0.3 is 0 Å². The first-order chi connectivity index (χ1) is 16.7. The summed E-state index contributed by atoms with van der Waals surface area (Å²) in [6.07, 6.45) is 9.96. The van der Waals surface area contributed by atoms with Gasteiger partial charge in [-0.2, -0.15) is 5.10 Å². The molecule has 0 unspecified atom stereocenters. The molecule has 192 valence electrons. The lowest BCUT2D eigenvalue weighted by atomic mass is 10.0.